The summed E-state index contributed by atoms with van der Waals surface area (Å²) in [5, 5.41) is 9.41. The van der Waals surface area contributed by atoms with Crippen molar-refractivity contribution in [3.63, 3.8) is 0 Å². The molecule has 0 atom stereocenters. The summed E-state index contributed by atoms with van der Waals surface area (Å²) in [7, 11) is 0. The van der Waals surface area contributed by atoms with Gasteiger partial charge in [-0.1, -0.05) is 39.0 Å². The largest absolute Gasteiger partial charge is 0.380 e. The predicted molar refractivity (Wildman–Crippen MR) is 99.1 cm³/mol. The van der Waals surface area contributed by atoms with E-state index < -0.39 is 0 Å². The number of fused-ring (bicyclic) bond motifs is 1. The van der Waals surface area contributed by atoms with E-state index in [0.29, 0.717) is 0 Å². The first kappa shape index (κ1) is 17.0. The summed E-state index contributed by atoms with van der Waals surface area (Å²) in [6.07, 6.45) is 4.65. The molecule has 0 aliphatic carbocycles. The summed E-state index contributed by atoms with van der Waals surface area (Å²) < 4.78 is 0. The SMILES string of the molecule is C.CCCc1ccc2c(c1NCc1cccs1)CCNCC2. The normalized spacial score (nSPS) is 13.9. The average Bonchev–Trinajstić information content (AvgIpc) is 2.90. The molecule has 0 spiro atoms. The summed E-state index contributed by atoms with van der Waals surface area (Å²) in [5.41, 5.74) is 5.96. The van der Waals surface area contributed by atoms with E-state index in [2.05, 4.69) is 47.2 Å². The molecule has 2 nitrogen and oxygen atoms in total. The van der Waals surface area contributed by atoms with E-state index in [1.807, 2.05) is 11.3 Å². The maximum absolute atomic E-state index is 3.74. The van der Waals surface area contributed by atoms with Gasteiger partial charge in [-0.3, -0.25) is 0 Å². The maximum Gasteiger partial charge on any atom is 0.0494 e. The number of anilines is 1. The monoisotopic (exact) mass is 316 g/mol. The molecular weight excluding hydrogens is 288 g/mol. The van der Waals surface area contributed by atoms with Gasteiger partial charge in [0, 0.05) is 17.1 Å². The Morgan fingerprint density at radius 3 is 2.82 bits per heavy atom. The smallest absolute Gasteiger partial charge is 0.0494 e. The van der Waals surface area contributed by atoms with Crippen LogP contribution >= 0.6 is 11.3 Å². The molecule has 2 N–H and O–H groups in total. The van der Waals surface area contributed by atoms with Crippen molar-refractivity contribution in [3.8, 4) is 0 Å². The molecule has 2 aromatic rings. The fourth-order valence-electron chi connectivity index (χ4n) is 3.11. The first-order chi connectivity index (χ1) is 10.4. The van der Waals surface area contributed by atoms with E-state index in [1.165, 1.54) is 28.1 Å². The quantitative estimate of drug-likeness (QED) is 0.840. The number of thiophene rings is 1. The lowest BCUT2D eigenvalue weighted by molar-refractivity contribution is 0.711. The van der Waals surface area contributed by atoms with Crippen molar-refractivity contribution in [1.29, 1.82) is 0 Å². The molecule has 0 radical (unpaired) electrons. The van der Waals surface area contributed by atoms with Crippen LogP contribution in [0.4, 0.5) is 5.69 Å². The Kier molecular flexibility index (Phi) is 6.47. The highest BCUT2D eigenvalue weighted by Crippen LogP contribution is 2.29. The lowest BCUT2D eigenvalue weighted by atomic mass is 9.95. The van der Waals surface area contributed by atoms with E-state index in [9.17, 15) is 0 Å². The van der Waals surface area contributed by atoms with E-state index in [1.54, 1.807) is 5.56 Å². The van der Waals surface area contributed by atoms with Gasteiger partial charge in [-0.05, 0) is 60.5 Å². The first-order valence-electron chi connectivity index (χ1n) is 7.99. The molecule has 0 fully saturated rings. The van der Waals surface area contributed by atoms with Crippen LogP contribution in [0.3, 0.4) is 0 Å². The number of rotatable bonds is 5. The summed E-state index contributed by atoms with van der Waals surface area (Å²) in [5.74, 6) is 0. The molecule has 1 aromatic heterocycles. The van der Waals surface area contributed by atoms with E-state index in [4.69, 9.17) is 0 Å². The number of hydrogen-bond donors (Lipinski definition) is 2. The van der Waals surface area contributed by atoms with Gasteiger partial charge in [0.2, 0.25) is 0 Å². The van der Waals surface area contributed by atoms with E-state index in [0.717, 1.165) is 38.9 Å². The fourth-order valence-corrected chi connectivity index (χ4v) is 3.75. The first-order valence-corrected chi connectivity index (χ1v) is 8.87. The zero-order valence-corrected chi connectivity index (χ0v) is 13.6. The molecular formula is C19H28N2S. The van der Waals surface area contributed by atoms with Crippen LogP contribution in [-0.4, -0.2) is 13.1 Å². The highest BCUT2D eigenvalue weighted by molar-refractivity contribution is 7.09. The molecule has 3 rings (SSSR count). The van der Waals surface area contributed by atoms with Crippen molar-refractivity contribution in [3.05, 3.63) is 51.2 Å². The van der Waals surface area contributed by atoms with Gasteiger partial charge < -0.3 is 10.6 Å². The number of benzene rings is 1. The van der Waals surface area contributed by atoms with Crippen molar-refractivity contribution in [2.75, 3.05) is 18.4 Å². The van der Waals surface area contributed by atoms with Gasteiger partial charge in [0.25, 0.3) is 0 Å². The van der Waals surface area contributed by atoms with Gasteiger partial charge in [-0.25, -0.2) is 0 Å². The lowest BCUT2D eigenvalue weighted by Gasteiger charge is -2.18. The third kappa shape index (κ3) is 3.90. The number of nitrogens with one attached hydrogen (secondary N) is 2. The van der Waals surface area contributed by atoms with Gasteiger partial charge >= 0.3 is 0 Å². The summed E-state index contributed by atoms with van der Waals surface area (Å²) in [6.45, 7) is 5.40. The second-order valence-corrected chi connectivity index (χ2v) is 6.70. The topological polar surface area (TPSA) is 24.1 Å². The molecule has 120 valence electrons. The zero-order chi connectivity index (χ0) is 14.5. The van der Waals surface area contributed by atoms with E-state index >= 15 is 0 Å². The number of aryl methyl sites for hydroxylation is 1. The minimum Gasteiger partial charge on any atom is -0.380 e. The molecule has 1 aliphatic rings. The van der Waals surface area contributed by atoms with Gasteiger partial charge in [0.15, 0.2) is 0 Å². The predicted octanol–water partition coefficient (Wildman–Crippen LogP) is 4.64. The third-order valence-electron chi connectivity index (χ3n) is 4.16. The van der Waals surface area contributed by atoms with E-state index in [-0.39, 0.29) is 7.43 Å². The number of hydrogen-bond acceptors (Lipinski definition) is 3. The van der Waals surface area contributed by atoms with Crippen LogP contribution in [0.2, 0.25) is 0 Å². The van der Waals surface area contributed by atoms with Crippen LogP contribution in [0.1, 0.15) is 42.3 Å². The zero-order valence-electron chi connectivity index (χ0n) is 12.7. The summed E-state index contributed by atoms with van der Waals surface area (Å²) >= 11 is 1.83. The van der Waals surface area contributed by atoms with Crippen LogP contribution in [0.25, 0.3) is 0 Å². The minimum absolute atomic E-state index is 0. The van der Waals surface area contributed by atoms with Gasteiger partial charge in [-0.15, -0.1) is 11.3 Å². The Hall–Kier alpha value is -1.32. The molecule has 0 unspecified atom stereocenters. The van der Waals surface area contributed by atoms with Crippen molar-refractivity contribution >= 4 is 17.0 Å². The molecule has 1 aromatic carbocycles. The average molecular weight is 317 g/mol. The Bertz CT molecular complexity index is 575. The summed E-state index contributed by atoms with van der Waals surface area (Å²) in [4.78, 5) is 1.40. The molecule has 3 heteroatoms. The van der Waals surface area contributed by atoms with Crippen molar-refractivity contribution in [1.82, 2.24) is 5.32 Å². The molecule has 0 amide bonds. The highest BCUT2D eigenvalue weighted by Gasteiger charge is 2.15. The highest BCUT2D eigenvalue weighted by atomic mass is 32.1. The van der Waals surface area contributed by atoms with Gasteiger partial charge in [0.1, 0.15) is 0 Å². The third-order valence-corrected chi connectivity index (χ3v) is 5.03. The molecule has 2 heterocycles. The van der Waals surface area contributed by atoms with Crippen LogP contribution in [0.5, 0.6) is 0 Å². The van der Waals surface area contributed by atoms with Gasteiger partial charge in [0.05, 0.1) is 0 Å². The molecule has 22 heavy (non-hydrogen) atoms. The van der Waals surface area contributed by atoms with Crippen LogP contribution in [0, 0.1) is 0 Å². The molecule has 0 saturated heterocycles. The second kappa shape index (κ2) is 8.35. The minimum atomic E-state index is 0. The lowest BCUT2D eigenvalue weighted by Crippen LogP contribution is -2.16. The summed E-state index contributed by atoms with van der Waals surface area (Å²) in [6, 6.07) is 9.03. The maximum atomic E-state index is 3.74. The second-order valence-electron chi connectivity index (χ2n) is 5.67. The van der Waals surface area contributed by atoms with Crippen LogP contribution in [0.15, 0.2) is 29.6 Å². The Labute approximate surface area is 139 Å². The van der Waals surface area contributed by atoms with Crippen LogP contribution < -0.4 is 10.6 Å². The fraction of sp³-hybridized carbons (Fsp3) is 0.474. The van der Waals surface area contributed by atoms with Crippen molar-refractivity contribution in [2.24, 2.45) is 0 Å². The van der Waals surface area contributed by atoms with Crippen molar-refractivity contribution < 1.29 is 0 Å². The molecule has 1 aliphatic heterocycles. The van der Waals surface area contributed by atoms with Crippen LogP contribution in [-0.2, 0) is 25.8 Å². The Morgan fingerprint density at radius 2 is 2.05 bits per heavy atom. The van der Waals surface area contributed by atoms with Gasteiger partial charge in [-0.2, -0.15) is 0 Å². The Morgan fingerprint density at radius 1 is 1.18 bits per heavy atom. The standard InChI is InChI=1S/C18H24N2S.CH4/c1-2-4-15-7-6-14-8-10-19-11-9-17(14)18(15)20-13-16-5-3-12-21-16;/h3,5-7,12,19-20H,2,4,8-11,13H2,1H3;1H4. The van der Waals surface area contributed by atoms with Crippen molar-refractivity contribution in [2.45, 2.75) is 46.6 Å². The Balaban J connectivity index is 0.00000176. The molecule has 0 saturated carbocycles. The molecule has 0 bridgehead atoms.